The Morgan fingerprint density at radius 3 is 2.15 bits per heavy atom. The Bertz CT molecular complexity index is 1420. The Balaban J connectivity index is 2.08. The minimum atomic E-state index is -4.17. The zero-order valence-corrected chi connectivity index (χ0v) is 25.4. The van der Waals surface area contributed by atoms with E-state index < -0.39 is 28.5 Å². The molecule has 2 amide bonds. The summed E-state index contributed by atoms with van der Waals surface area (Å²) in [4.78, 5) is 28.9. The third kappa shape index (κ3) is 7.56. The highest BCUT2D eigenvalue weighted by Crippen LogP contribution is 2.31. The second-order valence-electron chi connectivity index (χ2n) is 9.60. The molecule has 3 aromatic rings. The number of hydrogen-bond acceptors (Lipinski definition) is 4. The first-order valence-electron chi connectivity index (χ1n) is 13.2. The van der Waals surface area contributed by atoms with Crippen LogP contribution in [0.3, 0.4) is 0 Å². The summed E-state index contributed by atoms with van der Waals surface area (Å²) >= 11 is 12.4. The average molecular weight is 605 g/mol. The first kappa shape index (κ1) is 31.5. The lowest BCUT2D eigenvalue weighted by atomic mass is 10.1. The number of benzene rings is 3. The molecule has 2 atom stereocenters. The molecule has 0 bridgehead atoms. The van der Waals surface area contributed by atoms with Crippen molar-refractivity contribution in [2.45, 2.75) is 64.1 Å². The maximum Gasteiger partial charge on any atom is 0.264 e. The number of sulfonamides is 1. The van der Waals surface area contributed by atoms with Crippen LogP contribution in [0.25, 0.3) is 0 Å². The highest BCUT2D eigenvalue weighted by atomic mass is 35.5. The Morgan fingerprint density at radius 2 is 1.55 bits per heavy atom. The molecule has 0 saturated heterocycles. The van der Waals surface area contributed by atoms with Gasteiger partial charge in [0, 0.05) is 22.6 Å². The van der Waals surface area contributed by atoms with E-state index in [2.05, 4.69) is 5.32 Å². The predicted octanol–water partition coefficient (Wildman–Crippen LogP) is 6.22. The molecule has 0 saturated carbocycles. The summed E-state index contributed by atoms with van der Waals surface area (Å²) in [6.07, 6.45) is 1.06. The second kappa shape index (κ2) is 14.0. The molecule has 0 unspecified atom stereocenters. The molecule has 214 valence electrons. The first-order valence-corrected chi connectivity index (χ1v) is 15.4. The highest BCUT2D eigenvalue weighted by molar-refractivity contribution is 7.92. The van der Waals surface area contributed by atoms with E-state index in [9.17, 15) is 18.0 Å². The van der Waals surface area contributed by atoms with Gasteiger partial charge in [-0.15, -0.1) is 0 Å². The third-order valence-electron chi connectivity index (χ3n) is 6.77. The van der Waals surface area contributed by atoms with E-state index >= 15 is 0 Å². The van der Waals surface area contributed by atoms with E-state index in [1.54, 1.807) is 67.6 Å². The van der Waals surface area contributed by atoms with Crippen molar-refractivity contribution in [1.29, 1.82) is 0 Å². The second-order valence-corrected chi connectivity index (χ2v) is 12.3. The largest absolute Gasteiger partial charge is 0.352 e. The number of halogens is 2. The van der Waals surface area contributed by atoms with E-state index in [1.807, 2.05) is 20.8 Å². The lowest BCUT2D eigenvalue weighted by Gasteiger charge is -2.34. The fraction of sp³-hybridized carbons (Fsp3) is 0.333. The van der Waals surface area contributed by atoms with Crippen LogP contribution in [0.5, 0.6) is 0 Å². The van der Waals surface area contributed by atoms with Crippen molar-refractivity contribution < 1.29 is 18.0 Å². The molecule has 0 aliphatic rings. The SMILES string of the molecule is CC[C@H](C)NC(=O)[C@H](CC)N(Cc1ccc(Cl)cc1)C(=O)CN(c1cccc(Cl)c1C)S(=O)(=O)c1ccccc1. The molecule has 7 nitrogen and oxygen atoms in total. The van der Waals surface area contributed by atoms with Gasteiger partial charge in [-0.3, -0.25) is 13.9 Å². The van der Waals surface area contributed by atoms with Gasteiger partial charge in [0.05, 0.1) is 10.6 Å². The van der Waals surface area contributed by atoms with Crippen molar-refractivity contribution >= 4 is 50.7 Å². The molecular weight excluding hydrogens is 569 g/mol. The van der Waals surface area contributed by atoms with Crippen molar-refractivity contribution in [3.05, 3.63) is 94.0 Å². The quantitative estimate of drug-likeness (QED) is 0.266. The lowest BCUT2D eigenvalue weighted by Crippen LogP contribution is -2.53. The summed E-state index contributed by atoms with van der Waals surface area (Å²) < 4.78 is 28.9. The van der Waals surface area contributed by atoms with E-state index in [1.165, 1.54) is 17.0 Å². The Hall–Kier alpha value is -3.07. The summed E-state index contributed by atoms with van der Waals surface area (Å²) in [7, 11) is -4.17. The van der Waals surface area contributed by atoms with E-state index in [-0.39, 0.29) is 29.1 Å². The van der Waals surface area contributed by atoms with Gasteiger partial charge in [0.2, 0.25) is 11.8 Å². The Labute approximate surface area is 247 Å². The maximum absolute atomic E-state index is 14.1. The summed E-state index contributed by atoms with van der Waals surface area (Å²) in [5.41, 5.74) is 1.56. The molecule has 0 radical (unpaired) electrons. The van der Waals surface area contributed by atoms with Crippen molar-refractivity contribution in [3.63, 3.8) is 0 Å². The van der Waals surface area contributed by atoms with Crippen LogP contribution in [0.1, 0.15) is 44.7 Å². The molecule has 10 heteroatoms. The fourth-order valence-electron chi connectivity index (χ4n) is 4.25. The van der Waals surface area contributed by atoms with Gasteiger partial charge in [0.15, 0.2) is 0 Å². The minimum absolute atomic E-state index is 0.0352. The summed E-state index contributed by atoms with van der Waals surface area (Å²) in [6.45, 7) is 6.95. The summed E-state index contributed by atoms with van der Waals surface area (Å²) in [5.74, 6) is -0.824. The van der Waals surface area contributed by atoms with Gasteiger partial charge < -0.3 is 10.2 Å². The molecule has 40 heavy (non-hydrogen) atoms. The van der Waals surface area contributed by atoms with Crippen LogP contribution in [0.4, 0.5) is 5.69 Å². The molecule has 3 aromatic carbocycles. The molecule has 0 fully saturated rings. The van der Waals surface area contributed by atoms with Gasteiger partial charge in [-0.2, -0.15) is 0 Å². The van der Waals surface area contributed by atoms with Crippen LogP contribution in [0.15, 0.2) is 77.7 Å². The predicted molar refractivity (Wildman–Crippen MR) is 161 cm³/mol. The van der Waals surface area contributed by atoms with Crippen molar-refractivity contribution in [1.82, 2.24) is 10.2 Å². The van der Waals surface area contributed by atoms with Crippen molar-refractivity contribution in [2.75, 3.05) is 10.8 Å². The van der Waals surface area contributed by atoms with Crippen LogP contribution in [0, 0.1) is 6.92 Å². The summed E-state index contributed by atoms with van der Waals surface area (Å²) in [6, 6.07) is 18.9. The monoisotopic (exact) mass is 603 g/mol. The molecular formula is C30H35Cl2N3O4S. The highest BCUT2D eigenvalue weighted by Gasteiger charge is 2.34. The lowest BCUT2D eigenvalue weighted by molar-refractivity contribution is -0.140. The molecule has 0 spiro atoms. The number of hydrogen-bond donors (Lipinski definition) is 1. The average Bonchev–Trinajstić information content (AvgIpc) is 2.94. The molecule has 1 N–H and O–H groups in total. The van der Waals surface area contributed by atoms with Crippen molar-refractivity contribution in [3.8, 4) is 0 Å². The zero-order valence-electron chi connectivity index (χ0n) is 23.1. The first-order chi connectivity index (χ1) is 19.0. The third-order valence-corrected chi connectivity index (χ3v) is 9.21. The van der Waals surface area contributed by atoms with Gasteiger partial charge in [-0.1, -0.05) is 73.4 Å². The Kier molecular flexibility index (Phi) is 11.0. The number of carbonyl (C=O) groups is 2. The number of rotatable bonds is 12. The number of nitrogens with one attached hydrogen (secondary N) is 1. The van der Waals surface area contributed by atoms with E-state index in [4.69, 9.17) is 23.2 Å². The molecule has 0 aliphatic heterocycles. The Morgan fingerprint density at radius 1 is 0.900 bits per heavy atom. The van der Waals surface area contributed by atoms with Gasteiger partial charge in [-0.05, 0) is 74.2 Å². The van der Waals surface area contributed by atoms with Gasteiger partial charge in [0.25, 0.3) is 10.0 Å². The molecule has 3 rings (SSSR count). The number of carbonyl (C=O) groups excluding carboxylic acids is 2. The van der Waals surface area contributed by atoms with Crippen LogP contribution in [0.2, 0.25) is 10.0 Å². The molecule has 0 heterocycles. The smallest absolute Gasteiger partial charge is 0.264 e. The number of nitrogens with zero attached hydrogens (tertiary/aromatic N) is 2. The van der Waals surface area contributed by atoms with Gasteiger partial charge >= 0.3 is 0 Å². The maximum atomic E-state index is 14.1. The topological polar surface area (TPSA) is 86.8 Å². The standard InChI is InChI=1S/C30H35Cl2N3O4S/c1-5-21(3)33-30(37)27(6-2)34(19-23-15-17-24(31)18-16-23)29(36)20-35(28-14-10-13-26(32)22(28)4)40(38,39)25-11-8-7-9-12-25/h7-18,21,27H,5-6,19-20H2,1-4H3,(H,33,37)/t21-,27-/m0/s1. The van der Waals surface area contributed by atoms with Gasteiger partial charge in [0.1, 0.15) is 12.6 Å². The van der Waals surface area contributed by atoms with E-state index in [0.29, 0.717) is 22.0 Å². The minimum Gasteiger partial charge on any atom is -0.352 e. The van der Waals surface area contributed by atoms with Crippen molar-refractivity contribution in [2.24, 2.45) is 0 Å². The van der Waals surface area contributed by atoms with Crippen LogP contribution < -0.4 is 9.62 Å². The number of amides is 2. The normalized spacial score (nSPS) is 12.8. The zero-order chi connectivity index (χ0) is 29.4. The van der Waals surface area contributed by atoms with Crippen LogP contribution >= 0.6 is 23.2 Å². The summed E-state index contributed by atoms with van der Waals surface area (Å²) in [5, 5.41) is 3.88. The van der Waals surface area contributed by atoms with E-state index in [0.717, 1.165) is 16.3 Å². The number of anilines is 1. The van der Waals surface area contributed by atoms with Gasteiger partial charge in [-0.25, -0.2) is 8.42 Å². The van der Waals surface area contributed by atoms with Crippen LogP contribution in [-0.4, -0.2) is 43.8 Å². The fourth-order valence-corrected chi connectivity index (χ4v) is 6.03. The molecule has 0 aliphatic carbocycles. The van der Waals surface area contributed by atoms with Crippen LogP contribution in [-0.2, 0) is 26.2 Å². The molecule has 0 aromatic heterocycles.